The van der Waals surface area contributed by atoms with Crippen LogP contribution >= 0.6 is 0 Å². The highest BCUT2D eigenvalue weighted by molar-refractivity contribution is 6.03. The van der Waals surface area contributed by atoms with Crippen LogP contribution in [0.15, 0.2) is 36.4 Å². The van der Waals surface area contributed by atoms with Crippen molar-refractivity contribution in [1.29, 1.82) is 0 Å². The van der Waals surface area contributed by atoms with Gasteiger partial charge in [-0.1, -0.05) is 0 Å². The van der Waals surface area contributed by atoms with Crippen molar-refractivity contribution in [2.24, 2.45) is 5.92 Å². The molecule has 0 spiro atoms. The summed E-state index contributed by atoms with van der Waals surface area (Å²) in [5.41, 5.74) is 2.25. The van der Waals surface area contributed by atoms with E-state index < -0.39 is 5.92 Å². The number of hydrogen-bond acceptors (Lipinski definition) is 5. The first-order valence-electron chi connectivity index (χ1n) is 9.53. The minimum absolute atomic E-state index is 0.0710. The van der Waals surface area contributed by atoms with Crippen LogP contribution in [-0.4, -0.2) is 39.2 Å². The van der Waals surface area contributed by atoms with Crippen LogP contribution in [0.3, 0.4) is 0 Å². The van der Waals surface area contributed by atoms with Crippen molar-refractivity contribution in [2.75, 3.05) is 37.6 Å². The second-order valence-corrected chi connectivity index (χ2v) is 6.84. The van der Waals surface area contributed by atoms with Gasteiger partial charge in [0.15, 0.2) is 11.5 Å². The van der Waals surface area contributed by atoms with Crippen molar-refractivity contribution in [2.45, 2.75) is 20.3 Å². The number of benzene rings is 2. The molecule has 29 heavy (non-hydrogen) atoms. The smallest absolute Gasteiger partial charge is 0.229 e. The minimum atomic E-state index is -0.429. The number of hydrogen-bond donors (Lipinski definition) is 1. The van der Waals surface area contributed by atoms with Gasteiger partial charge in [0.2, 0.25) is 11.8 Å². The summed E-state index contributed by atoms with van der Waals surface area (Å²) in [6.07, 6.45) is 0.172. The lowest BCUT2D eigenvalue weighted by Crippen LogP contribution is -2.28. The fourth-order valence-corrected chi connectivity index (χ4v) is 3.37. The Morgan fingerprint density at radius 1 is 1.14 bits per heavy atom. The van der Waals surface area contributed by atoms with Crippen LogP contribution in [0.5, 0.6) is 17.2 Å². The molecule has 2 amide bonds. The first-order valence-corrected chi connectivity index (χ1v) is 9.53. The normalized spacial score (nSPS) is 15.9. The molecule has 3 rings (SSSR count). The topological polar surface area (TPSA) is 77.1 Å². The number of carbonyl (C=O) groups excluding carboxylic acids is 2. The molecule has 0 bridgehead atoms. The predicted octanol–water partition coefficient (Wildman–Crippen LogP) is 3.40. The van der Waals surface area contributed by atoms with Crippen LogP contribution in [0.2, 0.25) is 0 Å². The molecule has 1 saturated heterocycles. The molecule has 0 aliphatic carbocycles. The van der Waals surface area contributed by atoms with Gasteiger partial charge in [0.25, 0.3) is 0 Å². The Morgan fingerprint density at radius 2 is 1.79 bits per heavy atom. The van der Waals surface area contributed by atoms with Crippen LogP contribution in [0.4, 0.5) is 11.4 Å². The summed E-state index contributed by atoms with van der Waals surface area (Å²) in [6.45, 7) is 4.72. The van der Waals surface area contributed by atoms with E-state index in [1.165, 1.54) is 0 Å². The molecule has 0 unspecified atom stereocenters. The van der Waals surface area contributed by atoms with Crippen LogP contribution in [-0.2, 0) is 9.59 Å². The number of ether oxygens (including phenoxy) is 3. The van der Waals surface area contributed by atoms with E-state index in [0.29, 0.717) is 30.3 Å². The van der Waals surface area contributed by atoms with Gasteiger partial charge < -0.3 is 24.4 Å². The average molecular weight is 398 g/mol. The number of nitrogens with zero attached hydrogens (tertiary/aromatic N) is 1. The molecule has 1 aliphatic rings. The Bertz CT molecular complexity index is 895. The van der Waals surface area contributed by atoms with E-state index in [-0.39, 0.29) is 18.2 Å². The molecule has 0 aromatic heterocycles. The molecule has 0 saturated carbocycles. The van der Waals surface area contributed by atoms with Crippen LogP contribution < -0.4 is 24.4 Å². The monoisotopic (exact) mass is 398 g/mol. The predicted molar refractivity (Wildman–Crippen MR) is 111 cm³/mol. The molecule has 1 fully saturated rings. The summed E-state index contributed by atoms with van der Waals surface area (Å²) in [5, 5.41) is 2.92. The van der Waals surface area contributed by atoms with E-state index in [9.17, 15) is 9.59 Å². The van der Waals surface area contributed by atoms with Gasteiger partial charge in [-0.2, -0.15) is 0 Å². The highest BCUT2D eigenvalue weighted by Crippen LogP contribution is 2.34. The van der Waals surface area contributed by atoms with Gasteiger partial charge in [0.05, 0.1) is 26.7 Å². The third kappa shape index (κ3) is 4.45. The molecule has 7 heteroatoms. The van der Waals surface area contributed by atoms with Crippen molar-refractivity contribution >= 4 is 23.2 Å². The SMILES string of the molecule is CCOc1ccc(N2C[C@@H](C(=O)Nc3cc(OC)c(OC)cc3C)CC2=O)cc1. The quantitative estimate of drug-likeness (QED) is 0.774. The third-order valence-electron chi connectivity index (χ3n) is 4.94. The summed E-state index contributed by atoms with van der Waals surface area (Å²) in [6, 6.07) is 10.9. The number of nitrogens with one attached hydrogen (secondary N) is 1. The number of rotatable bonds is 7. The molecule has 154 valence electrons. The largest absolute Gasteiger partial charge is 0.494 e. The molecular formula is C22H26N2O5. The summed E-state index contributed by atoms with van der Waals surface area (Å²) >= 11 is 0. The summed E-state index contributed by atoms with van der Waals surface area (Å²) in [7, 11) is 3.11. The molecule has 1 heterocycles. The zero-order valence-electron chi connectivity index (χ0n) is 17.2. The van der Waals surface area contributed by atoms with Crippen LogP contribution in [0, 0.1) is 12.8 Å². The Kier molecular flexibility index (Phi) is 6.26. The summed E-state index contributed by atoms with van der Waals surface area (Å²) in [4.78, 5) is 26.9. The van der Waals surface area contributed by atoms with Gasteiger partial charge in [-0.15, -0.1) is 0 Å². The maximum Gasteiger partial charge on any atom is 0.229 e. The lowest BCUT2D eigenvalue weighted by molar-refractivity contribution is -0.122. The minimum Gasteiger partial charge on any atom is -0.494 e. The maximum absolute atomic E-state index is 12.8. The Hall–Kier alpha value is -3.22. The third-order valence-corrected chi connectivity index (χ3v) is 4.94. The first-order chi connectivity index (χ1) is 14.0. The number of methoxy groups -OCH3 is 2. The molecule has 2 aromatic carbocycles. The zero-order chi connectivity index (χ0) is 21.0. The Morgan fingerprint density at radius 3 is 2.41 bits per heavy atom. The van der Waals surface area contributed by atoms with Crippen LogP contribution in [0.25, 0.3) is 0 Å². The molecule has 1 atom stereocenters. The van der Waals surface area contributed by atoms with Gasteiger partial charge in [-0.25, -0.2) is 0 Å². The van der Waals surface area contributed by atoms with Gasteiger partial charge in [-0.05, 0) is 49.7 Å². The van der Waals surface area contributed by atoms with E-state index in [2.05, 4.69) is 5.32 Å². The van der Waals surface area contributed by atoms with Crippen molar-refractivity contribution in [3.63, 3.8) is 0 Å². The molecule has 2 aromatic rings. The average Bonchev–Trinajstić information content (AvgIpc) is 3.11. The number of aryl methyl sites for hydroxylation is 1. The highest BCUT2D eigenvalue weighted by atomic mass is 16.5. The van der Waals surface area contributed by atoms with Crippen molar-refractivity contribution < 1.29 is 23.8 Å². The summed E-state index contributed by atoms with van der Waals surface area (Å²) < 4.78 is 16.0. The van der Waals surface area contributed by atoms with E-state index in [4.69, 9.17) is 14.2 Å². The standard InChI is InChI=1S/C22H26N2O5/c1-5-29-17-8-6-16(7-9-17)24-13-15(11-21(24)25)22(26)23-18-12-20(28-4)19(27-3)10-14(18)2/h6-10,12,15H,5,11,13H2,1-4H3,(H,23,26)/t15-/m0/s1. The highest BCUT2D eigenvalue weighted by Gasteiger charge is 2.35. The van der Waals surface area contributed by atoms with E-state index in [0.717, 1.165) is 17.0 Å². The van der Waals surface area contributed by atoms with E-state index in [1.54, 1.807) is 31.3 Å². The van der Waals surface area contributed by atoms with Gasteiger partial charge >= 0.3 is 0 Å². The molecule has 1 aliphatic heterocycles. The molecule has 0 radical (unpaired) electrons. The first kappa shape index (κ1) is 20.5. The van der Waals surface area contributed by atoms with Gasteiger partial charge in [0.1, 0.15) is 5.75 Å². The van der Waals surface area contributed by atoms with Crippen LogP contribution in [0.1, 0.15) is 18.9 Å². The lowest BCUT2D eigenvalue weighted by Gasteiger charge is -2.18. The van der Waals surface area contributed by atoms with E-state index in [1.807, 2.05) is 38.1 Å². The second kappa shape index (κ2) is 8.86. The summed E-state index contributed by atoms with van der Waals surface area (Å²) in [5.74, 6) is 1.19. The van der Waals surface area contributed by atoms with Gasteiger partial charge in [0, 0.05) is 30.4 Å². The fourth-order valence-electron chi connectivity index (χ4n) is 3.37. The van der Waals surface area contributed by atoms with Crippen molar-refractivity contribution in [1.82, 2.24) is 0 Å². The number of anilines is 2. The van der Waals surface area contributed by atoms with Gasteiger partial charge in [-0.3, -0.25) is 9.59 Å². The van der Waals surface area contributed by atoms with Crippen molar-refractivity contribution in [3.05, 3.63) is 42.0 Å². The lowest BCUT2D eigenvalue weighted by atomic mass is 10.1. The second-order valence-electron chi connectivity index (χ2n) is 6.84. The Balaban J connectivity index is 1.70. The zero-order valence-corrected chi connectivity index (χ0v) is 17.2. The number of amides is 2. The maximum atomic E-state index is 12.8. The fraction of sp³-hybridized carbons (Fsp3) is 0.364. The molecule has 1 N–H and O–H groups in total. The number of carbonyl (C=O) groups is 2. The molecule has 7 nitrogen and oxygen atoms in total. The van der Waals surface area contributed by atoms with Crippen molar-refractivity contribution in [3.8, 4) is 17.2 Å². The molecular weight excluding hydrogens is 372 g/mol. The Labute approximate surface area is 170 Å². The van der Waals surface area contributed by atoms with E-state index >= 15 is 0 Å².